The molecule has 5 nitrogen and oxygen atoms in total. The van der Waals surface area contributed by atoms with Gasteiger partial charge in [-0.2, -0.15) is 0 Å². The van der Waals surface area contributed by atoms with Crippen molar-refractivity contribution in [2.24, 2.45) is 0 Å². The maximum atomic E-state index is 11.7. The monoisotopic (exact) mass is 348 g/mol. The normalized spacial score (nSPS) is 12.1. The van der Waals surface area contributed by atoms with Crippen LogP contribution in [0.3, 0.4) is 0 Å². The summed E-state index contributed by atoms with van der Waals surface area (Å²) < 4.78 is 15.3. The van der Waals surface area contributed by atoms with E-state index in [1.165, 1.54) is 5.56 Å². The van der Waals surface area contributed by atoms with Gasteiger partial charge in [-0.3, -0.25) is 0 Å². The summed E-state index contributed by atoms with van der Waals surface area (Å²) in [4.78, 5) is 23.0. The number of unbranched alkanes of at least 4 members (excludes halogenated alkanes) is 1. The summed E-state index contributed by atoms with van der Waals surface area (Å²) in [6, 6.07) is 10.1. The molecule has 0 aliphatic rings. The van der Waals surface area contributed by atoms with Gasteiger partial charge in [0.2, 0.25) is 0 Å². The first-order valence-corrected chi connectivity index (χ1v) is 8.72. The molecule has 5 heteroatoms. The summed E-state index contributed by atoms with van der Waals surface area (Å²) in [6.45, 7) is 3.32. The predicted octanol–water partition coefficient (Wildman–Crippen LogP) is 3.64. The zero-order valence-corrected chi connectivity index (χ0v) is 15.1. The highest BCUT2D eigenvalue weighted by atomic mass is 16.5. The first-order valence-electron chi connectivity index (χ1n) is 8.72. The molecule has 138 valence electrons. The van der Waals surface area contributed by atoms with Gasteiger partial charge in [0, 0.05) is 25.9 Å². The van der Waals surface area contributed by atoms with Crippen LogP contribution in [0.2, 0.25) is 0 Å². The highest BCUT2D eigenvalue weighted by molar-refractivity contribution is 5.91. The number of esters is 2. The number of ether oxygens (including phenoxy) is 3. The van der Waals surface area contributed by atoms with Gasteiger partial charge in [-0.15, -0.1) is 0 Å². The van der Waals surface area contributed by atoms with Crippen molar-refractivity contribution in [2.75, 3.05) is 26.9 Å². The highest BCUT2D eigenvalue weighted by Gasteiger charge is 2.12. The standard InChI is InChI=1S/C20H28O5/c1-3-4-14-24-19(21)10-11-20(22)25-16-13-18(12-15-23-2)17-8-6-5-7-9-17/h5-11,18H,3-4,12-16H2,1-2H3/b11-10+. The Bertz CT molecular complexity index is 524. The van der Waals surface area contributed by atoms with Gasteiger partial charge < -0.3 is 14.2 Å². The van der Waals surface area contributed by atoms with Crippen LogP contribution in [0.5, 0.6) is 0 Å². The molecular weight excluding hydrogens is 320 g/mol. The Kier molecular flexibility index (Phi) is 11.0. The van der Waals surface area contributed by atoms with Crippen LogP contribution < -0.4 is 0 Å². The van der Waals surface area contributed by atoms with Crippen molar-refractivity contribution in [3.8, 4) is 0 Å². The minimum absolute atomic E-state index is 0.261. The lowest BCUT2D eigenvalue weighted by Crippen LogP contribution is -2.10. The lowest BCUT2D eigenvalue weighted by Gasteiger charge is -2.16. The Hall–Kier alpha value is -2.14. The molecule has 0 aliphatic carbocycles. The van der Waals surface area contributed by atoms with Gasteiger partial charge in [0.15, 0.2) is 0 Å². The molecule has 1 aromatic rings. The first kappa shape index (κ1) is 20.9. The largest absolute Gasteiger partial charge is 0.463 e. The maximum Gasteiger partial charge on any atom is 0.331 e. The van der Waals surface area contributed by atoms with Gasteiger partial charge in [0.25, 0.3) is 0 Å². The molecular formula is C20H28O5. The Labute approximate surface area is 150 Å². The van der Waals surface area contributed by atoms with Crippen molar-refractivity contribution < 1.29 is 23.8 Å². The molecule has 0 bridgehead atoms. The van der Waals surface area contributed by atoms with Gasteiger partial charge in [-0.25, -0.2) is 9.59 Å². The Balaban J connectivity index is 2.36. The second-order valence-corrected chi connectivity index (χ2v) is 5.70. The second kappa shape index (κ2) is 13.2. The number of hydrogen-bond donors (Lipinski definition) is 0. The number of hydrogen-bond acceptors (Lipinski definition) is 5. The van der Waals surface area contributed by atoms with Crippen LogP contribution in [-0.4, -0.2) is 38.9 Å². The molecule has 1 atom stereocenters. The molecule has 1 rings (SSSR count). The first-order chi connectivity index (χ1) is 12.2. The van der Waals surface area contributed by atoms with Crippen molar-refractivity contribution in [1.29, 1.82) is 0 Å². The molecule has 0 saturated heterocycles. The van der Waals surface area contributed by atoms with Gasteiger partial charge in [0.1, 0.15) is 0 Å². The Morgan fingerprint density at radius 3 is 2.16 bits per heavy atom. The van der Waals surface area contributed by atoms with Crippen LogP contribution >= 0.6 is 0 Å². The fraction of sp³-hybridized carbons (Fsp3) is 0.500. The van der Waals surface area contributed by atoms with Gasteiger partial charge >= 0.3 is 11.9 Å². The molecule has 1 unspecified atom stereocenters. The number of benzene rings is 1. The van der Waals surface area contributed by atoms with E-state index in [4.69, 9.17) is 14.2 Å². The van der Waals surface area contributed by atoms with Crippen molar-refractivity contribution >= 4 is 11.9 Å². The molecule has 0 aromatic heterocycles. The smallest absolute Gasteiger partial charge is 0.331 e. The summed E-state index contributed by atoms with van der Waals surface area (Å²) in [7, 11) is 1.67. The van der Waals surface area contributed by atoms with E-state index in [0.29, 0.717) is 19.6 Å². The summed E-state index contributed by atoms with van der Waals surface area (Å²) in [5.74, 6) is -0.796. The number of carbonyl (C=O) groups is 2. The fourth-order valence-corrected chi connectivity index (χ4v) is 2.31. The van der Waals surface area contributed by atoms with Crippen LogP contribution in [0.4, 0.5) is 0 Å². The fourth-order valence-electron chi connectivity index (χ4n) is 2.31. The van der Waals surface area contributed by atoms with Crippen molar-refractivity contribution in [3.63, 3.8) is 0 Å². The van der Waals surface area contributed by atoms with E-state index < -0.39 is 11.9 Å². The molecule has 0 amide bonds. The van der Waals surface area contributed by atoms with Crippen molar-refractivity contribution in [2.45, 2.75) is 38.5 Å². The molecule has 25 heavy (non-hydrogen) atoms. The summed E-state index contributed by atoms with van der Waals surface area (Å²) in [5.41, 5.74) is 1.20. The van der Waals surface area contributed by atoms with Crippen LogP contribution in [0, 0.1) is 0 Å². The zero-order valence-electron chi connectivity index (χ0n) is 15.1. The zero-order chi connectivity index (χ0) is 18.3. The van der Waals surface area contributed by atoms with Crippen molar-refractivity contribution in [3.05, 3.63) is 48.0 Å². The molecule has 0 radical (unpaired) electrons. The minimum atomic E-state index is -0.536. The molecule has 0 aliphatic heterocycles. The molecule has 0 spiro atoms. The molecule has 0 fully saturated rings. The second-order valence-electron chi connectivity index (χ2n) is 5.70. The van der Waals surface area contributed by atoms with E-state index in [1.54, 1.807) is 7.11 Å². The lowest BCUT2D eigenvalue weighted by molar-refractivity contribution is -0.140. The third-order valence-corrected chi connectivity index (χ3v) is 3.75. The lowest BCUT2D eigenvalue weighted by atomic mass is 9.93. The Morgan fingerprint density at radius 1 is 0.960 bits per heavy atom. The average molecular weight is 348 g/mol. The number of methoxy groups -OCH3 is 1. The van der Waals surface area contributed by atoms with Gasteiger partial charge in [0.05, 0.1) is 13.2 Å². The third-order valence-electron chi connectivity index (χ3n) is 3.75. The molecule has 0 N–H and O–H groups in total. The van der Waals surface area contributed by atoms with Crippen LogP contribution in [0.1, 0.15) is 44.1 Å². The predicted molar refractivity (Wildman–Crippen MR) is 96.3 cm³/mol. The highest BCUT2D eigenvalue weighted by Crippen LogP contribution is 2.23. The van der Waals surface area contributed by atoms with Crippen LogP contribution in [0.15, 0.2) is 42.5 Å². The molecule has 0 saturated carbocycles. The van der Waals surface area contributed by atoms with E-state index in [-0.39, 0.29) is 12.5 Å². The number of carbonyl (C=O) groups excluding carboxylic acids is 2. The molecule has 0 heterocycles. The quantitative estimate of drug-likeness (QED) is 0.328. The summed E-state index contributed by atoms with van der Waals surface area (Å²) >= 11 is 0. The van der Waals surface area contributed by atoms with Crippen LogP contribution in [-0.2, 0) is 23.8 Å². The topological polar surface area (TPSA) is 61.8 Å². The minimum Gasteiger partial charge on any atom is -0.463 e. The van der Waals surface area contributed by atoms with Crippen molar-refractivity contribution in [1.82, 2.24) is 0 Å². The summed E-state index contributed by atoms with van der Waals surface area (Å²) in [6.07, 6.45) is 5.54. The van der Waals surface area contributed by atoms with E-state index in [2.05, 4.69) is 12.1 Å². The van der Waals surface area contributed by atoms with Gasteiger partial charge in [-0.1, -0.05) is 43.7 Å². The van der Waals surface area contributed by atoms with Gasteiger partial charge in [-0.05, 0) is 30.7 Å². The molecule has 1 aromatic carbocycles. The SMILES string of the molecule is CCCCOC(=O)/C=C/C(=O)OCCC(CCOC)c1ccccc1. The van der Waals surface area contributed by atoms with E-state index >= 15 is 0 Å². The third kappa shape index (κ3) is 9.67. The Morgan fingerprint density at radius 2 is 1.56 bits per heavy atom. The maximum absolute atomic E-state index is 11.7. The van der Waals surface area contributed by atoms with E-state index in [9.17, 15) is 9.59 Å². The van der Waals surface area contributed by atoms with E-state index in [0.717, 1.165) is 31.4 Å². The summed E-state index contributed by atoms with van der Waals surface area (Å²) in [5, 5.41) is 0. The number of rotatable bonds is 12. The average Bonchev–Trinajstić information content (AvgIpc) is 2.63. The van der Waals surface area contributed by atoms with E-state index in [1.807, 2.05) is 25.1 Å². The van der Waals surface area contributed by atoms with Crippen LogP contribution in [0.25, 0.3) is 0 Å².